The summed E-state index contributed by atoms with van der Waals surface area (Å²) in [6.07, 6.45) is 0.313. The van der Waals surface area contributed by atoms with Crippen molar-refractivity contribution in [3.05, 3.63) is 40.9 Å². The summed E-state index contributed by atoms with van der Waals surface area (Å²) in [7, 11) is 0. The highest BCUT2D eigenvalue weighted by Gasteiger charge is 2.23. The van der Waals surface area contributed by atoms with Crippen LogP contribution in [0.3, 0.4) is 0 Å². The van der Waals surface area contributed by atoms with Crippen molar-refractivity contribution >= 4 is 38.3 Å². The van der Waals surface area contributed by atoms with Crippen LogP contribution in [-0.4, -0.2) is 11.9 Å². The van der Waals surface area contributed by atoms with Gasteiger partial charge in [-0.15, -0.1) is 0 Å². The second-order valence-electron chi connectivity index (χ2n) is 6.37. The zero-order chi connectivity index (χ0) is 15.6. The Morgan fingerprint density at radius 1 is 1.19 bits per heavy atom. The maximum Gasteiger partial charge on any atom is 0.225 e. The van der Waals surface area contributed by atoms with Gasteiger partial charge in [0.25, 0.3) is 0 Å². The highest BCUT2D eigenvalue weighted by Crippen LogP contribution is 2.30. The minimum atomic E-state index is -0.167. The maximum atomic E-state index is 12.2. The third kappa shape index (κ3) is 3.83. The highest BCUT2D eigenvalue weighted by molar-refractivity contribution is 9.10. The molecule has 0 aliphatic carbocycles. The second-order valence-corrected chi connectivity index (χ2v) is 7.22. The van der Waals surface area contributed by atoms with E-state index in [0.717, 1.165) is 20.9 Å². The lowest BCUT2D eigenvalue weighted by Crippen LogP contribution is -2.38. The molecular formula is C17H21BrN2O. The summed E-state index contributed by atoms with van der Waals surface area (Å²) in [5, 5.41) is 5.07. The normalized spacial score (nSPS) is 13.2. The third-order valence-electron chi connectivity index (χ3n) is 3.66. The van der Waals surface area contributed by atoms with Gasteiger partial charge < -0.3 is 11.1 Å². The van der Waals surface area contributed by atoms with Gasteiger partial charge in [0.2, 0.25) is 5.91 Å². The number of carbonyl (C=O) groups is 1. The first-order valence-corrected chi connectivity index (χ1v) is 7.81. The number of nitrogens with two attached hydrogens (primary N) is 1. The second kappa shape index (κ2) is 6.16. The zero-order valence-corrected chi connectivity index (χ0v) is 14.2. The molecule has 0 aliphatic rings. The average molecular weight is 349 g/mol. The molecule has 1 unspecified atom stereocenters. The molecule has 2 aromatic rings. The molecule has 4 heteroatoms. The van der Waals surface area contributed by atoms with Crippen LogP contribution in [0, 0.1) is 5.41 Å². The van der Waals surface area contributed by atoms with Crippen LogP contribution in [0.5, 0.6) is 0 Å². The van der Waals surface area contributed by atoms with Gasteiger partial charge in [0.15, 0.2) is 0 Å². The van der Waals surface area contributed by atoms with Crippen LogP contribution in [0.2, 0.25) is 0 Å². The fraction of sp³-hybridized carbons (Fsp3) is 0.353. The minimum absolute atomic E-state index is 0.0510. The molecule has 0 radical (unpaired) electrons. The first kappa shape index (κ1) is 16.0. The maximum absolute atomic E-state index is 12.2. The molecule has 1 amide bonds. The van der Waals surface area contributed by atoms with Gasteiger partial charge >= 0.3 is 0 Å². The molecule has 21 heavy (non-hydrogen) atoms. The van der Waals surface area contributed by atoms with E-state index < -0.39 is 0 Å². The molecule has 0 bridgehead atoms. The van der Waals surface area contributed by atoms with Gasteiger partial charge in [-0.25, -0.2) is 0 Å². The molecule has 2 rings (SSSR count). The molecule has 0 saturated heterocycles. The summed E-state index contributed by atoms with van der Waals surface area (Å²) < 4.78 is 1.02. The summed E-state index contributed by atoms with van der Waals surface area (Å²) in [4.78, 5) is 12.2. The van der Waals surface area contributed by atoms with Gasteiger partial charge in [-0.2, -0.15) is 0 Å². The monoisotopic (exact) mass is 348 g/mol. The van der Waals surface area contributed by atoms with Crippen molar-refractivity contribution in [3.63, 3.8) is 0 Å². The van der Waals surface area contributed by atoms with Gasteiger partial charge in [0.1, 0.15) is 0 Å². The number of amides is 1. The Morgan fingerprint density at radius 2 is 1.81 bits per heavy atom. The van der Waals surface area contributed by atoms with E-state index in [9.17, 15) is 4.79 Å². The first-order valence-electron chi connectivity index (χ1n) is 7.01. The Bertz CT molecular complexity index is 661. The Hall–Kier alpha value is -1.39. The molecule has 0 aromatic heterocycles. The van der Waals surface area contributed by atoms with Crippen LogP contribution < -0.4 is 11.1 Å². The predicted molar refractivity (Wildman–Crippen MR) is 92.3 cm³/mol. The number of rotatable bonds is 3. The number of hydrogen-bond acceptors (Lipinski definition) is 2. The number of benzene rings is 2. The molecule has 0 spiro atoms. The van der Waals surface area contributed by atoms with Crippen LogP contribution in [0.15, 0.2) is 40.9 Å². The van der Waals surface area contributed by atoms with Crippen molar-refractivity contribution in [2.24, 2.45) is 11.1 Å². The molecule has 112 valence electrons. The Kier molecular flexibility index (Phi) is 4.69. The Labute approximate surface area is 134 Å². The van der Waals surface area contributed by atoms with Gasteiger partial charge in [0.05, 0.1) is 0 Å². The van der Waals surface area contributed by atoms with E-state index in [1.54, 1.807) is 0 Å². The highest BCUT2D eigenvalue weighted by atomic mass is 79.9. The number of fused-ring (bicyclic) bond motifs is 1. The molecule has 0 heterocycles. The lowest BCUT2D eigenvalue weighted by molar-refractivity contribution is -0.117. The quantitative estimate of drug-likeness (QED) is 0.868. The van der Waals surface area contributed by atoms with Crippen LogP contribution in [0.25, 0.3) is 10.8 Å². The van der Waals surface area contributed by atoms with Crippen LogP contribution in [-0.2, 0) is 4.79 Å². The SMILES string of the molecule is CC(C)(C)C(N)CC(=O)Nc1ccc(Br)c2ccccc12. The Balaban J connectivity index is 2.21. The lowest BCUT2D eigenvalue weighted by atomic mass is 9.85. The molecule has 2 aromatic carbocycles. The molecule has 0 aliphatic heterocycles. The third-order valence-corrected chi connectivity index (χ3v) is 4.35. The summed E-state index contributed by atoms with van der Waals surface area (Å²) in [5.74, 6) is -0.0510. The smallest absolute Gasteiger partial charge is 0.225 e. The number of anilines is 1. The van der Waals surface area contributed by atoms with E-state index in [-0.39, 0.29) is 17.4 Å². The Morgan fingerprint density at radius 3 is 2.43 bits per heavy atom. The van der Waals surface area contributed by atoms with Crippen molar-refractivity contribution in [3.8, 4) is 0 Å². The van der Waals surface area contributed by atoms with Crippen LogP contribution in [0.4, 0.5) is 5.69 Å². The largest absolute Gasteiger partial charge is 0.327 e. The van der Waals surface area contributed by atoms with Crippen molar-refractivity contribution in [1.29, 1.82) is 0 Å². The lowest BCUT2D eigenvalue weighted by Gasteiger charge is -2.26. The standard InChI is InChI=1S/C17H21BrN2O/c1-17(2,3)15(19)10-16(21)20-14-9-8-13(18)11-6-4-5-7-12(11)14/h4-9,15H,10,19H2,1-3H3,(H,20,21). The molecule has 0 saturated carbocycles. The summed E-state index contributed by atoms with van der Waals surface area (Å²) in [5.41, 5.74) is 6.81. The fourth-order valence-electron chi connectivity index (χ4n) is 2.08. The van der Waals surface area contributed by atoms with Crippen molar-refractivity contribution in [1.82, 2.24) is 0 Å². The molecule has 1 atom stereocenters. The van der Waals surface area contributed by atoms with Crippen molar-refractivity contribution in [2.45, 2.75) is 33.2 Å². The van der Waals surface area contributed by atoms with Crippen molar-refractivity contribution < 1.29 is 4.79 Å². The summed E-state index contributed by atoms with van der Waals surface area (Å²) in [6, 6.07) is 11.7. The minimum Gasteiger partial charge on any atom is -0.327 e. The van der Waals surface area contributed by atoms with E-state index in [1.165, 1.54) is 0 Å². The van der Waals surface area contributed by atoms with E-state index >= 15 is 0 Å². The van der Waals surface area contributed by atoms with Gasteiger partial charge in [0, 0.05) is 28.0 Å². The van der Waals surface area contributed by atoms with Gasteiger partial charge in [-0.3, -0.25) is 4.79 Å². The van der Waals surface area contributed by atoms with Crippen LogP contribution >= 0.6 is 15.9 Å². The van der Waals surface area contributed by atoms with E-state index in [0.29, 0.717) is 6.42 Å². The number of nitrogens with one attached hydrogen (secondary N) is 1. The fourth-order valence-corrected chi connectivity index (χ4v) is 2.56. The molecule has 3 N–H and O–H groups in total. The molecular weight excluding hydrogens is 328 g/mol. The average Bonchev–Trinajstić information content (AvgIpc) is 2.41. The van der Waals surface area contributed by atoms with E-state index in [1.807, 2.05) is 57.2 Å². The summed E-state index contributed by atoms with van der Waals surface area (Å²) >= 11 is 3.53. The topological polar surface area (TPSA) is 55.1 Å². The first-order chi connectivity index (χ1) is 9.79. The molecule has 3 nitrogen and oxygen atoms in total. The molecule has 0 fully saturated rings. The van der Waals surface area contributed by atoms with E-state index in [4.69, 9.17) is 5.73 Å². The number of hydrogen-bond donors (Lipinski definition) is 2. The van der Waals surface area contributed by atoms with Crippen LogP contribution in [0.1, 0.15) is 27.2 Å². The van der Waals surface area contributed by atoms with Gasteiger partial charge in [-0.05, 0) is 22.9 Å². The van der Waals surface area contributed by atoms with E-state index in [2.05, 4.69) is 21.2 Å². The zero-order valence-electron chi connectivity index (χ0n) is 12.6. The number of carbonyl (C=O) groups excluding carboxylic acids is 1. The predicted octanol–water partition coefficient (Wildman–Crippen LogP) is 4.30. The van der Waals surface area contributed by atoms with Gasteiger partial charge in [-0.1, -0.05) is 61.0 Å². The number of halogens is 1. The van der Waals surface area contributed by atoms with Crippen molar-refractivity contribution in [2.75, 3.05) is 5.32 Å². The summed E-state index contributed by atoms with van der Waals surface area (Å²) in [6.45, 7) is 6.12.